The Morgan fingerprint density at radius 3 is 1.81 bits per heavy atom. The Balaban J connectivity index is 3.57. The molecular formula is C24H51NO6P+. The second-order valence-electron chi connectivity index (χ2n) is 9.14. The van der Waals surface area contributed by atoms with Crippen LogP contribution in [-0.2, 0) is 23.4 Å². The highest BCUT2D eigenvalue weighted by Crippen LogP contribution is 2.40. The van der Waals surface area contributed by atoms with Crippen molar-refractivity contribution in [2.24, 2.45) is 0 Å². The fourth-order valence-electron chi connectivity index (χ4n) is 3.45. The minimum absolute atomic E-state index is 0.0725. The van der Waals surface area contributed by atoms with Gasteiger partial charge in [-0.25, -0.2) is 0 Å². The molecule has 192 valence electrons. The van der Waals surface area contributed by atoms with E-state index in [1.165, 1.54) is 77.0 Å². The van der Waals surface area contributed by atoms with E-state index in [0.29, 0.717) is 19.6 Å². The van der Waals surface area contributed by atoms with Crippen molar-refractivity contribution in [3.05, 3.63) is 0 Å². The molecule has 0 radical (unpaired) electrons. The lowest BCUT2D eigenvalue weighted by molar-refractivity contribution is -0.855. The standard InChI is InChI=1S/C24H50NO6P/c1-4-5-6-7-8-9-10-11-12-13-14-15-16-17-19-29-21-24(30-23-26)22-31-32(27,28)20-18-25(2)3/h23-24H,4-22H2,1-3H3,(H,27,28)/p+1. The van der Waals surface area contributed by atoms with E-state index in [2.05, 4.69) is 6.92 Å². The molecule has 0 aromatic heterocycles. The molecule has 8 heteroatoms. The molecule has 0 fully saturated rings. The molecule has 0 amide bonds. The Kier molecular flexibility index (Phi) is 22.0. The highest BCUT2D eigenvalue weighted by atomic mass is 31.2. The van der Waals surface area contributed by atoms with E-state index in [4.69, 9.17) is 14.0 Å². The molecule has 0 spiro atoms. The molecule has 0 aliphatic carbocycles. The Morgan fingerprint density at radius 1 is 0.844 bits per heavy atom. The molecule has 0 aromatic carbocycles. The van der Waals surface area contributed by atoms with E-state index in [0.717, 1.165) is 17.7 Å². The fraction of sp³-hybridized carbons (Fsp3) is 0.958. The van der Waals surface area contributed by atoms with Gasteiger partial charge in [-0.15, -0.1) is 0 Å². The molecule has 7 nitrogen and oxygen atoms in total. The first kappa shape index (κ1) is 31.5. The zero-order chi connectivity index (χ0) is 23.9. The summed E-state index contributed by atoms with van der Waals surface area (Å²) < 4.78 is 27.6. The van der Waals surface area contributed by atoms with Gasteiger partial charge in [-0.05, 0) is 6.42 Å². The molecule has 32 heavy (non-hydrogen) atoms. The summed E-state index contributed by atoms with van der Waals surface area (Å²) in [6, 6.07) is 0. The van der Waals surface area contributed by atoms with Crippen LogP contribution in [0.2, 0.25) is 0 Å². The monoisotopic (exact) mass is 480 g/mol. The van der Waals surface area contributed by atoms with Crippen LogP contribution in [0.25, 0.3) is 0 Å². The number of quaternary nitrogens is 1. The topological polar surface area (TPSA) is 86.5 Å². The van der Waals surface area contributed by atoms with Gasteiger partial charge in [0.15, 0.2) is 0 Å². The second kappa shape index (κ2) is 22.3. The Morgan fingerprint density at radius 2 is 1.34 bits per heavy atom. The number of nitrogens with one attached hydrogen (secondary N) is 1. The molecule has 0 aromatic rings. The van der Waals surface area contributed by atoms with Crippen molar-refractivity contribution in [3.8, 4) is 0 Å². The summed E-state index contributed by atoms with van der Waals surface area (Å²) in [4.78, 5) is 21.6. The maximum absolute atomic E-state index is 12.0. The van der Waals surface area contributed by atoms with E-state index in [1.54, 1.807) is 0 Å². The van der Waals surface area contributed by atoms with Crippen molar-refractivity contribution in [1.82, 2.24) is 0 Å². The molecular weight excluding hydrogens is 429 g/mol. The maximum Gasteiger partial charge on any atom is 0.333 e. The van der Waals surface area contributed by atoms with Gasteiger partial charge >= 0.3 is 7.60 Å². The highest BCUT2D eigenvalue weighted by Gasteiger charge is 2.23. The van der Waals surface area contributed by atoms with Gasteiger partial charge < -0.3 is 23.8 Å². The average molecular weight is 481 g/mol. The van der Waals surface area contributed by atoms with Crippen LogP contribution >= 0.6 is 7.60 Å². The summed E-state index contributed by atoms with van der Waals surface area (Å²) in [6.07, 6.45) is 17.8. The van der Waals surface area contributed by atoms with Crippen molar-refractivity contribution in [2.45, 2.75) is 103 Å². The number of carbonyl (C=O) groups excluding carboxylic acids is 1. The largest absolute Gasteiger partial charge is 0.460 e. The molecule has 0 bridgehead atoms. The van der Waals surface area contributed by atoms with E-state index in [9.17, 15) is 14.3 Å². The molecule has 0 heterocycles. The van der Waals surface area contributed by atoms with E-state index < -0.39 is 13.7 Å². The van der Waals surface area contributed by atoms with Crippen LogP contribution in [-0.4, -0.2) is 64.1 Å². The number of rotatable bonds is 25. The molecule has 0 saturated carbocycles. The number of unbranched alkanes of at least 4 members (excludes halogenated alkanes) is 13. The van der Waals surface area contributed by atoms with Gasteiger partial charge in [-0.3, -0.25) is 9.36 Å². The lowest BCUT2D eigenvalue weighted by Crippen LogP contribution is -3.06. The predicted molar refractivity (Wildman–Crippen MR) is 130 cm³/mol. The minimum Gasteiger partial charge on any atom is -0.460 e. The van der Waals surface area contributed by atoms with Crippen LogP contribution in [0.15, 0.2) is 0 Å². The summed E-state index contributed by atoms with van der Waals surface area (Å²) in [6.45, 7) is 3.76. The van der Waals surface area contributed by atoms with Gasteiger partial charge in [0.2, 0.25) is 0 Å². The lowest BCUT2D eigenvalue weighted by atomic mass is 10.0. The van der Waals surface area contributed by atoms with Crippen molar-refractivity contribution in [2.75, 3.05) is 46.6 Å². The summed E-state index contributed by atoms with van der Waals surface area (Å²) in [7, 11) is 0.140. The van der Waals surface area contributed by atoms with E-state index >= 15 is 0 Å². The Hall–Kier alpha value is -0.460. The van der Waals surface area contributed by atoms with Crippen molar-refractivity contribution in [3.63, 3.8) is 0 Å². The van der Waals surface area contributed by atoms with Crippen LogP contribution < -0.4 is 4.90 Å². The van der Waals surface area contributed by atoms with Gasteiger partial charge in [0.25, 0.3) is 6.47 Å². The Labute approximate surface area is 197 Å². The fourth-order valence-corrected chi connectivity index (χ4v) is 4.71. The van der Waals surface area contributed by atoms with Crippen LogP contribution in [0.3, 0.4) is 0 Å². The first-order valence-corrected chi connectivity index (χ1v) is 14.6. The van der Waals surface area contributed by atoms with Crippen molar-refractivity contribution >= 4 is 14.1 Å². The summed E-state index contributed by atoms with van der Waals surface area (Å²) in [5.41, 5.74) is 0. The lowest BCUT2D eigenvalue weighted by Gasteiger charge is -2.18. The summed E-state index contributed by atoms with van der Waals surface area (Å²) >= 11 is 0. The van der Waals surface area contributed by atoms with Gasteiger partial charge in [0, 0.05) is 6.61 Å². The molecule has 2 unspecified atom stereocenters. The molecule has 2 atom stereocenters. The molecule has 0 aliphatic rings. The quantitative estimate of drug-likeness (QED) is 0.115. The Bertz CT molecular complexity index is 464. The average Bonchev–Trinajstić information content (AvgIpc) is 2.76. The summed E-state index contributed by atoms with van der Waals surface area (Å²) in [5.74, 6) is 0. The number of ether oxygens (including phenoxy) is 2. The van der Waals surface area contributed by atoms with Gasteiger partial charge in [-0.2, -0.15) is 0 Å². The third kappa shape index (κ3) is 22.7. The smallest absolute Gasteiger partial charge is 0.333 e. The second-order valence-corrected chi connectivity index (χ2v) is 11.1. The highest BCUT2D eigenvalue weighted by molar-refractivity contribution is 7.52. The molecule has 0 aliphatic heterocycles. The zero-order valence-corrected chi connectivity index (χ0v) is 21.9. The number of hydrogen-bond acceptors (Lipinski definition) is 5. The van der Waals surface area contributed by atoms with Crippen molar-refractivity contribution < 1.29 is 33.2 Å². The SMILES string of the molecule is CCCCCCCCCCCCCCCCOCC(COP(=O)(O)CC[NH+](C)C)OC=O. The van der Waals surface area contributed by atoms with Crippen LogP contribution in [0, 0.1) is 0 Å². The number of carbonyl (C=O) groups is 1. The molecule has 0 saturated heterocycles. The normalized spacial score (nSPS) is 14.4. The zero-order valence-electron chi connectivity index (χ0n) is 21.0. The molecule has 2 N–H and O–H groups in total. The van der Waals surface area contributed by atoms with E-state index in [1.807, 2.05) is 14.1 Å². The van der Waals surface area contributed by atoms with Gasteiger partial charge in [0.05, 0.1) is 40.0 Å². The predicted octanol–water partition coefficient (Wildman–Crippen LogP) is 4.37. The minimum atomic E-state index is -3.67. The van der Waals surface area contributed by atoms with Crippen LogP contribution in [0.5, 0.6) is 0 Å². The van der Waals surface area contributed by atoms with Crippen molar-refractivity contribution in [1.29, 1.82) is 0 Å². The third-order valence-corrected chi connectivity index (χ3v) is 6.89. The van der Waals surface area contributed by atoms with Gasteiger partial charge in [0.1, 0.15) is 6.10 Å². The third-order valence-electron chi connectivity index (χ3n) is 5.55. The van der Waals surface area contributed by atoms with Crippen LogP contribution in [0.1, 0.15) is 96.8 Å². The number of hydrogen-bond donors (Lipinski definition) is 2. The van der Waals surface area contributed by atoms with Gasteiger partial charge in [-0.1, -0.05) is 90.4 Å². The maximum atomic E-state index is 12.0. The first-order chi connectivity index (χ1) is 15.4. The van der Waals surface area contributed by atoms with Crippen LogP contribution in [0.4, 0.5) is 0 Å². The molecule has 0 rings (SSSR count). The first-order valence-electron chi connectivity index (χ1n) is 12.8. The van der Waals surface area contributed by atoms with E-state index in [-0.39, 0.29) is 19.4 Å². The summed E-state index contributed by atoms with van der Waals surface area (Å²) in [5, 5.41) is 0.